The summed E-state index contributed by atoms with van der Waals surface area (Å²) in [6.07, 6.45) is 14.7. The van der Waals surface area contributed by atoms with Crippen molar-refractivity contribution in [3.8, 4) is 0 Å². The van der Waals surface area contributed by atoms with Gasteiger partial charge in [-0.15, -0.1) is 0 Å². The molecule has 0 heterocycles. The second-order valence-electron chi connectivity index (χ2n) is 6.87. The fourth-order valence-corrected chi connectivity index (χ4v) is 3.69. The van der Waals surface area contributed by atoms with Crippen LogP contribution in [-0.2, 0) is 16.5 Å². The zero-order valence-corrected chi connectivity index (χ0v) is 17.8. The summed E-state index contributed by atoms with van der Waals surface area (Å²) in [5.41, 5.74) is 0.728. The molecule has 0 aromatic heterocycles. The Kier molecular flexibility index (Phi) is 15.7. The van der Waals surface area contributed by atoms with Crippen LogP contribution in [0.1, 0.15) is 83.1 Å². The third-order valence-electron chi connectivity index (χ3n) is 4.30. The third-order valence-corrected chi connectivity index (χ3v) is 5.25. The van der Waals surface area contributed by atoms with Gasteiger partial charge in [-0.2, -0.15) is 8.42 Å². The molecule has 152 valence electrons. The molecule has 0 spiro atoms. The van der Waals surface area contributed by atoms with Gasteiger partial charge in [0.05, 0.1) is 4.90 Å². The maximum absolute atomic E-state index is 11.3. The van der Waals surface area contributed by atoms with Gasteiger partial charge in [0.2, 0.25) is 0 Å². The Balaban J connectivity index is 0.00000194. The first-order chi connectivity index (χ1) is 12.5. The molecule has 0 aliphatic carbocycles. The van der Waals surface area contributed by atoms with E-state index in [-0.39, 0.29) is 4.90 Å². The summed E-state index contributed by atoms with van der Waals surface area (Å²) in [6, 6.07) is 6.73. The molecule has 1 aromatic rings. The van der Waals surface area contributed by atoms with Crippen LogP contribution >= 0.6 is 0 Å². The molecule has 0 aliphatic heterocycles. The van der Waals surface area contributed by atoms with Crippen LogP contribution in [-0.4, -0.2) is 27.1 Å². The third kappa shape index (κ3) is 13.3. The Bertz CT molecular complexity index is 544. The summed E-state index contributed by atoms with van der Waals surface area (Å²) in [5, 5.41) is 2.75. The van der Waals surface area contributed by atoms with Crippen LogP contribution in [0.3, 0.4) is 0 Å². The molecule has 5 heteroatoms. The smallest absolute Gasteiger partial charge is 0.294 e. The predicted octanol–water partition coefficient (Wildman–Crippen LogP) is 5.62. The molecule has 0 saturated heterocycles. The standard InChI is InChI=1S/C19H32O3S.C2H7N/c1-2-3-4-5-6-7-8-9-10-11-12-15-18-16-13-14-17-19(18)23(20,21)22;1-3-2/h13-14,16-17H,2-12,15H2,1H3,(H,20,21,22);3H,1-2H3. The van der Waals surface area contributed by atoms with E-state index in [4.69, 9.17) is 0 Å². The number of nitrogens with one attached hydrogen (secondary N) is 1. The van der Waals surface area contributed by atoms with Gasteiger partial charge < -0.3 is 5.32 Å². The highest BCUT2D eigenvalue weighted by molar-refractivity contribution is 7.85. The van der Waals surface area contributed by atoms with Gasteiger partial charge in [-0.1, -0.05) is 89.3 Å². The monoisotopic (exact) mass is 385 g/mol. The second-order valence-corrected chi connectivity index (χ2v) is 8.26. The normalized spacial score (nSPS) is 11.1. The van der Waals surface area contributed by atoms with Gasteiger partial charge in [-0.05, 0) is 38.6 Å². The summed E-state index contributed by atoms with van der Waals surface area (Å²) in [6.45, 7) is 2.24. The Morgan fingerprint density at radius 2 is 1.23 bits per heavy atom. The minimum atomic E-state index is -4.10. The molecule has 1 aromatic carbocycles. The molecular weight excluding hydrogens is 346 g/mol. The maximum atomic E-state index is 11.3. The highest BCUT2D eigenvalue weighted by atomic mass is 32.2. The molecule has 0 bridgehead atoms. The van der Waals surface area contributed by atoms with Crippen LogP contribution < -0.4 is 5.32 Å². The molecule has 0 radical (unpaired) electrons. The molecule has 0 amide bonds. The highest BCUT2D eigenvalue weighted by Crippen LogP contribution is 2.18. The van der Waals surface area contributed by atoms with E-state index >= 15 is 0 Å². The predicted molar refractivity (Wildman–Crippen MR) is 111 cm³/mol. The van der Waals surface area contributed by atoms with Gasteiger partial charge in [0.15, 0.2) is 0 Å². The first-order valence-corrected chi connectivity index (χ1v) is 11.5. The lowest BCUT2D eigenvalue weighted by molar-refractivity contribution is 0.481. The van der Waals surface area contributed by atoms with Gasteiger partial charge in [0.25, 0.3) is 10.1 Å². The van der Waals surface area contributed by atoms with E-state index in [0.29, 0.717) is 6.42 Å². The molecule has 0 fully saturated rings. The average molecular weight is 386 g/mol. The number of rotatable bonds is 13. The molecule has 0 unspecified atom stereocenters. The number of hydrogen-bond acceptors (Lipinski definition) is 3. The lowest BCUT2D eigenvalue weighted by Crippen LogP contribution is -2.03. The van der Waals surface area contributed by atoms with E-state index in [1.165, 1.54) is 63.9 Å². The van der Waals surface area contributed by atoms with Crippen LogP contribution in [0, 0.1) is 0 Å². The Hall–Kier alpha value is -0.910. The highest BCUT2D eigenvalue weighted by Gasteiger charge is 2.13. The average Bonchev–Trinajstić information content (AvgIpc) is 2.60. The van der Waals surface area contributed by atoms with Gasteiger partial charge >= 0.3 is 0 Å². The Labute approximate surface area is 161 Å². The van der Waals surface area contributed by atoms with Crippen molar-refractivity contribution in [2.45, 2.75) is 88.9 Å². The number of hydrogen-bond donors (Lipinski definition) is 2. The van der Waals surface area contributed by atoms with Crippen LogP contribution in [0.5, 0.6) is 0 Å². The largest absolute Gasteiger partial charge is 0.323 e. The Morgan fingerprint density at radius 3 is 1.69 bits per heavy atom. The van der Waals surface area contributed by atoms with Crippen molar-refractivity contribution in [2.75, 3.05) is 14.1 Å². The molecule has 26 heavy (non-hydrogen) atoms. The minimum Gasteiger partial charge on any atom is -0.323 e. The summed E-state index contributed by atoms with van der Waals surface area (Å²) in [4.78, 5) is 0.0621. The quantitative estimate of drug-likeness (QED) is 0.341. The van der Waals surface area contributed by atoms with Crippen molar-refractivity contribution in [1.82, 2.24) is 5.32 Å². The first-order valence-electron chi connectivity index (χ1n) is 10.1. The maximum Gasteiger partial charge on any atom is 0.294 e. The molecule has 0 atom stereocenters. The summed E-state index contributed by atoms with van der Waals surface area (Å²) >= 11 is 0. The first kappa shape index (κ1) is 25.1. The van der Waals surface area contributed by atoms with Crippen molar-refractivity contribution < 1.29 is 13.0 Å². The van der Waals surface area contributed by atoms with Crippen LogP contribution in [0.2, 0.25) is 0 Å². The molecular formula is C21H39NO3S. The zero-order chi connectivity index (χ0) is 19.7. The van der Waals surface area contributed by atoms with Gasteiger partial charge in [-0.25, -0.2) is 0 Å². The summed E-state index contributed by atoms with van der Waals surface area (Å²) in [7, 11) is -0.348. The number of aryl methyl sites for hydroxylation is 1. The van der Waals surface area contributed by atoms with Crippen LogP contribution in [0.4, 0.5) is 0 Å². The van der Waals surface area contributed by atoms with Crippen molar-refractivity contribution in [2.24, 2.45) is 0 Å². The van der Waals surface area contributed by atoms with Gasteiger partial charge in [0, 0.05) is 0 Å². The van der Waals surface area contributed by atoms with E-state index in [1.807, 2.05) is 20.2 Å². The molecule has 0 aliphatic rings. The van der Waals surface area contributed by atoms with Crippen molar-refractivity contribution >= 4 is 10.1 Å². The zero-order valence-electron chi connectivity index (χ0n) is 17.0. The van der Waals surface area contributed by atoms with E-state index in [9.17, 15) is 13.0 Å². The second kappa shape index (κ2) is 16.3. The van der Waals surface area contributed by atoms with Crippen molar-refractivity contribution in [3.05, 3.63) is 29.8 Å². The summed E-state index contributed by atoms with van der Waals surface area (Å²) in [5.74, 6) is 0. The van der Waals surface area contributed by atoms with E-state index in [2.05, 4.69) is 12.2 Å². The molecule has 0 saturated carbocycles. The van der Waals surface area contributed by atoms with Gasteiger partial charge in [0.1, 0.15) is 0 Å². The fourth-order valence-electron chi connectivity index (χ4n) is 2.94. The van der Waals surface area contributed by atoms with Crippen molar-refractivity contribution in [3.63, 3.8) is 0 Å². The van der Waals surface area contributed by atoms with Crippen LogP contribution in [0.25, 0.3) is 0 Å². The van der Waals surface area contributed by atoms with E-state index < -0.39 is 10.1 Å². The lowest BCUT2D eigenvalue weighted by atomic mass is 10.0. The number of unbranched alkanes of at least 4 members (excludes halogenated alkanes) is 10. The van der Waals surface area contributed by atoms with E-state index in [1.54, 1.807) is 12.1 Å². The van der Waals surface area contributed by atoms with Gasteiger partial charge in [-0.3, -0.25) is 4.55 Å². The fraction of sp³-hybridized carbons (Fsp3) is 0.714. The molecule has 1 rings (SSSR count). The summed E-state index contributed by atoms with van der Waals surface area (Å²) < 4.78 is 31.8. The molecule has 2 N–H and O–H groups in total. The SMILES string of the molecule is CCCCCCCCCCCCCc1ccccc1S(=O)(=O)O.CNC. The van der Waals surface area contributed by atoms with Crippen LogP contribution in [0.15, 0.2) is 29.2 Å². The van der Waals surface area contributed by atoms with E-state index in [0.717, 1.165) is 18.4 Å². The minimum absolute atomic E-state index is 0.0621. The van der Waals surface area contributed by atoms with Crippen molar-refractivity contribution in [1.29, 1.82) is 0 Å². The number of benzene rings is 1. The topological polar surface area (TPSA) is 66.4 Å². The lowest BCUT2D eigenvalue weighted by Gasteiger charge is -2.07. The Morgan fingerprint density at radius 1 is 0.808 bits per heavy atom. The molecule has 4 nitrogen and oxygen atoms in total.